The molecule has 0 unspecified atom stereocenters. The van der Waals surface area contributed by atoms with Crippen LogP contribution in [0.15, 0.2) is 140 Å². The molecule has 6 rings (SSSR count). The van der Waals surface area contributed by atoms with Crippen molar-refractivity contribution in [2.24, 2.45) is 0 Å². The lowest BCUT2D eigenvalue weighted by atomic mass is 9.77. The van der Waals surface area contributed by atoms with Crippen LogP contribution in [0.1, 0.15) is 33.6 Å². The van der Waals surface area contributed by atoms with Gasteiger partial charge in [0.05, 0.1) is 5.57 Å². The first-order valence-electron chi connectivity index (χ1n) is 13.3. The standard InChI is InChI=1S/C35H24F2N4O/c36-30-20-16-25(17-21-30)33(26-18-22-31(37)23-19-26)32(24-42)34-38-40-41(39-34)35(27-10-4-1-5-11-27,28-12-6-2-7-13-28)29-14-8-3-9-15-29/h1-24H. The van der Waals surface area contributed by atoms with Gasteiger partial charge in [0, 0.05) is 5.57 Å². The van der Waals surface area contributed by atoms with E-state index in [0.29, 0.717) is 23.0 Å². The Hall–Kier alpha value is -5.56. The Bertz CT molecular complexity index is 1690. The maximum Gasteiger partial charge on any atom is 0.208 e. The molecule has 0 spiro atoms. The molecular formula is C35H24F2N4O. The average Bonchev–Trinajstić information content (AvgIpc) is 3.53. The summed E-state index contributed by atoms with van der Waals surface area (Å²) >= 11 is 0. The highest BCUT2D eigenvalue weighted by molar-refractivity contribution is 6.19. The molecule has 0 aliphatic carbocycles. The SMILES string of the molecule is O=CC(=C(c1ccc(F)cc1)c1ccc(F)cc1)c1nnn(C(c2ccccc2)(c2ccccc2)c2ccccc2)n1. The van der Waals surface area contributed by atoms with E-state index in [2.05, 4.69) is 10.3 Å². The van der Waals surface area contributed by atoms with E-state index in [4.69, 9.17) is 5.10 Å². The molecular weight excluding hydrogens is 530 g/mol. The van der Waals surface area contributed by atoms with Gasteiger partial charge in [-0.25, -0.2) is 8.78 Å². The van der Waals surface area contributed by atoms with Gasteiger partial charge in [-0.1, -0.05) is 115 Å². The highest BCUT2D eigenvalue weighted by atomic mass is 19.1. The van der Waals surface area contributed by atoms with Crippen LogP contribution in [0.2, 0.25) is 0 Å². The van der Waals surface area contributed by atoms with Crippen molar-refractivity contribution in [2.75, 3.05) is 0 Å². The second kappa shape index (κ2) is 11.5. The number of benzene rings is 5. The van der Waals surface area contributed by atoms with Gasteiger partial charge in [0.2, 0.25) is 5.82 Å². The zero-order valence-corrected chi connectivity index (χ0v) is 22.3. The van der Waals surface area contributed by atoms with Gasteiger partial charge in [-0.2, -0.15) is 0 Å². The van der Waals surface area contributed by atoms with Crippen molar-refractivity contribution in [3.8, 4) is 0 Å². The monoisotopic (exact) mass is 554 g/mol. The van der Waals surface area contributed by atoms with Crippen LogP contribution in [0.25, 0.3) is 11.1 Å². The molecule has 0 radical (unpaired) electrons. The fourth-order valence-corrected chi connectivity index (χ4v) is 5.28. The van der Waals surface area contributed by atoms with Crippen molar-refractivity contribution in [3.63, 3.8) is 0 Å². The third-order valence-corrected chi connectivity index (χ3v) is 7.18. The van der Waals surface area contributed by atoms with E-state index in [-0.39, 0.29) is 11.4 Å². The lowest BCUT2D eigenvalue weighted by molar-refractivity contribution is -0.103. The largest absolute Gasteiger partial charge is 0.298 e. The number of nitrogens with zero attached hydrogens (tertiary/aromatic N) is 4. The molecule has 1 aromatic heterocycles. The summed E-state index contributed by atoms with van der Waals surface area (Å²) < 4.78 is 27.7. The number of rotatable bonds is 8. The summed E-state index contributed by atoms with van der Waals surface area (Å²) in [4.78, 5) is 14.3. The number of halogens is 2. The molecule has 0 aliphatic rings. The number of carbonyl (C=O) groups is 1. The lowest BCUT2D eigenvalue weighted by Crippen LogP contribution is -2.39. The third-order valence-electron chi connectivity index (χ3n) is 7.18. The van der Waals surface area contributed by atoms with E-state index in [9.17, 15) is 13.6 Å². The van der Waals surface area contributed by atoms with Crippen molar-refractivity contribution < 1.29 is 13.6 Å². The van der Waals surface area contributed by atoms with Crippen LogP contribution in [-0.2, 0) is 10.3 Å². The third kappa shape index (κ3) is 4.81. The van der Waals surface area contributed by atoms with Crippen LogP contribution in [0.5, 0.6) is 0 Å². The van der Waals surface area contributed by atoms with Crippen molar-refractivity contribution >= 4 is 17.4 Å². The number of hydrogen-bond acceptors (Lipinski definition) is 4. The Kier molecular flexibility index (Phi) is 7.30. The Labute approximate surface area is 241 Å². The van der Waals surface area contributed by atoms with Crippen LogP contribution >= 0.6 is 0 Å². The van der Waals surface area contributed by atoms with Gasteiger partial charge in [0.25, 0.3) is 0 Å². The lowest BCUT2D eigenvalue weighted by Gasteiger charge is -2.34. The average molecular weight is 555 g/mol. The van der Waals surface area contributed by atoms with Gasteiger partial charge in [-0.15, -0.1) is 15.0 Å². The summed E-state index contributed by atoms with van der Waals surface area (Å²) in [5.74, 6) is -0.777. The second-order valence-corrected chi connectivity index (χ2v) is 9.63. The van der Waals surface area contributed by atoms with Crippen molar-refractivity contribution in [1.82, 2.24) is 20.2 Å². The zero-order valence-electron chi connectivity index (χ0n) is 22.3. The molecule has 204 valence electrons. The van der Waals surface area contributed by atoms with Crippen LogP contribution in [0, 0.1) is 11.6 Å². The molecule has 5 nitrogen and oxygen atoms in total. The van der Waals surface area contributed by atoms with E-state index in [1.807, 2.05) is 91.0 Å². The quantitative estimate of drug-likeness (QED) is 0.116. The Balaban J connectivity index is 1.63. The first-order valence-corrected chi connectivity index (χ1v) is 13.3. The summed E-state index contributed by atoms with van der Waals surface area (Å²) in [6, 6.07) is 41.0. The summed E-state index contributed by atoms with van der Waals surface area (Å²) in [5, 5.41) is 13.8. The van der Waals surface area contributed by atoms with Gasteiger partial charge in [-0.3, -0.25) is 4.79 Å². The number of tetrazole rings is 1. The van der Waals surface area contributed by atoms with Gasteiger partial charge in [0.1, 0.15) is 11.6 Å². The molecule has 0 N–H and O–H groups in total. The molecule has 0 saturated carbocycles. The highest BCUT2D eigenvalue weighted by Crippen LogP contribution is 2.40. The fraction of sp³-hybridized carbons (Fsp3) is 0.0286. The summed E-state index contributed by atoms with van der Waals surface area (Å²) in [6.07, 6.45) is 0.651. The smallest absolute Gasteiger partial charge is 0.208 e. The fourth-order valence-electron chi connectivity index (χ4n) is 5.28. The van der Waals surface area contributed by atoms with E-state index >= 15 is 0 Å². The zero-order chi connectivity index (χ0) is 28.9. The molecule has 6 aromatic rings. The van der Waals surface area contributed by atoms with Gasteiger partial charge in [0.15, 0.2) is 11.8 Å². The van der Waals surface area contributed by atoms with E-state index < -0.39 is 17.2 Å². The van der Waals surface area contributed by atoms with Gasteiger partial charge >= 0.3 is 0 Å². The maximum absolute atomic E-state index is 13.9. The van der Waals surface area contributed by atoms with Crippen LogP contribution in [-0.4, -0.2) is 26.5 Å². The molecule has 0 amide bonds. The number of aldehydes is 1. The van der Waals surface area contributed by atoms with Crippen LogP contribution in [0.4, 0.5) is 8.78 Å². The minimum absolute atomic E-state index is 0.0702. The second-order valence-electron chi connectivity index (χ2n) is 9.63. The molecule has 5 aromatic carbocycles. The summed E-state index contributed by atoms with van der Waals surface area (Å²) in [7, 11) is 0. The first kappa shape index (κ1) is 26.7. The molecule has 7 heteroatoms. The molecule has 0 saturated heterocycles. The van der Waals surface area contributed by atoms with E-state index in [0.717, 1.165) is 16.7 Å². The van der Waals surface area contributed by atoms with E-state index in [1.54, 1.807) is 24.3 Å². The molecule has 0 atom stereocenters. The summed E-state index contributed by atoms with van der Waals surface area (Å²) in [5.41, 5.74) is 3.27. The van der Waals surface area contributed by atoms with Crippen molar-refractivity contribution in [3.05, 3.63) is 185 Å². The van der Waals surface area contributed by atoms with E-state index in [1.165, 1.54) is 29.1 Å². The molecule has 42 heavy (non-hydrogen) atoms. The van der Waals surface area contributed by atoms with Gasteiger partial charge in [-0.05, 0) is 57.3 Å². The first-order chi connectivity index (χ1) is 20.6. The molecule has 0 aliphatic heterocycles. The Morgan fingerprint density at radius 2 is 1.00 bits per heavy atom. The minimum Gasteiger partial charge on any atom is -0.298 e. The maximum atomic E-state index is 13.9. The molecule has 1 heterocycles. The topological polar surface area (TPSA) is 60.7 Å². The van der Waals surface area contributed by atoms with Gasteiger partial charge < -0.3 is 0 Å². The number of allylic oxidation sites excluding steroid dienone is 1. The predicted molar refractivity (Wildman–Crippen MR) is 157 cm³/mol. The number of carbonyl (C=O) groups excluding carboxylic acids is 1. The number of hydrogen-bond donors (Lipinski definition) is 0. The molecule has 0 fully saturated rings. The van der Waals surface area contributed by atoms with Crippen LogP contribution < -0.4 is 0 Å². The highest BCUT2D eigenvalue weighted by Gasteiger charge is 2.41. The van der Waals surface area contributed by atoms with Crippen molar-refractivity contribution in [1.29, 1.82) is 0 Å². The summed E-state index contributed by atoms with van der Waals surface area (Å²) in [6.45, 7) is 0. The Morgan fingerprint density at radius 1 is 0.595 bits per heavy atom. The number of aromatic nitrogens is 4. The van der Waals surface area contributed by atoms with Crippen molar-refractivity contribution in [2.45, 2.75) is 5.54 Å². The Morgan fingerprint density at radius 3 is 1.38 bits per heavy atom. The minimum atomic E-state index is -1.03. The predicted octanol–water partition coefficient (Wildman–Crippen LogP) is 6.95. The molecule has 0 bridgehead atoms. The normalized spacial score (nSPS) is 11.2. The van der Waals surface area contributed by atoms with Crippen LogP contribution in [0.3, 0.4) is 0 Å².